The fourth-order valence-electron chi connectivity index (χ4n) is 3.21. The summed E-state index contributed by atoms with van der Waals surface area (Å²) < 4.78 is 37.5. The standard InChI is InChI=1S/C15H26F3NO2/c1-14(2,3)12-6-4-11(5-7-12)8-19(9-13(20)21)10-15(16,17)18/h11-12H,4-10H2,1-3H3,(H,20,21). The Bertz CT molecular complexity index is 342. The fourth-order valence-corrected chi connectivity index (χ4v) is 3.21. The number of carboxylic acid groups (broad SMARTS) is 1. The van der Waals surface area contributed by atoms with Crippen LogP contribution in [0.3, 0.4) is 0 Å². The summed E-state index contributed by atoms with van der Waals surface area (Å²) in [5.74, 6) is -0.433. The summed E-state index contributed by atoms with van der Waals surface area (Å²) in [5.41, 5.74) is 0.234. The van der Waals surface area contributed by atoms with Crippen molar-refractivity contribution in [2.75, 3.05) is 19.6 Å². The maximum atomic E-state index is 12.5. The Labute approximate surface area is 124 Å². The third-order valence-electron chi connectivity index (χ3n) is 4.35. The SMILES string of the molecule is CC(C)(C)C1CCC(CN(CC(=O)O)CC(F)(F)F)CC1. The summed E-state index contributed by atoms with van der Waals surface area (Å²) in [5, 5.41) is 8.75. The minimum absolute atomic E-state index is 0.172. The molecule has 0 aromatic carbocycles. The van der Waals surface area contributed by atoms with Gasteiger partial charge in [0.05, 0.1) is 13.1 Å². The molecule has 21 heavy (non-hydrogen) atoms. The van der Waals surface area contributed by atoms with Gasteiger partial charge < -0.3 is 5.11 Å². The number of nitrogens with zero attached hydrogens (tertiary/aromatic N) is 1. The molecule has 1 N–H and O–H groups in total. The number of rotatable bonds is 5. The Balaban J connectivity index is 2.51. The Kier molecular flexibility index (Phi) is 6.08. The number of hydrogen-bond donors (Lipinski definition) is 1. The van der Waals surface area contributed by atoms with Crippen molar-refractivity contribution in [2.24, 2.45) is 17.3 Å². The smallest absolute Gasteiger partial charge is 0.401 e. The lowest BCUT2D eigenvalue weighted by Crippen LogP contribution is -2.41. The van der Waals surface area contributed by atoms with E-state index < -0.39 is 25.2 Å². The molecule has 0 heterocycles. The van der Waals surface area contributed by atoms with Crippen molar-refractivity contribution in [3.63, 3.8) is 0 Å². The van der Waals surface area contributed by atoms with E-state index in [1.54, 1.807) is 0 Å². The summed E-state index contributed by atoms with van der Waals surface area (Å²) in [6.07, 6.45) is -0.550. The average Bonchev–Trinajstić information content (AvgIpc) is 2.24. The van der Waals surface area contributed by atoms with Crippen LogP contribution in [0.4, 0.5) is 13.2 Å². The van der Waals surface area contributed by atoms with Crippen LogP contribution in [0, 0.1) is 17.3 Å². The highest BCUT2D eigenvalue weighted by Gasteiger charge is 2.34. The summed E-state index contributed by atoms with van der Waals surface area (Å²) in [4.78, 5) is 11.7. The van der Waals surface area contributed by atoms with Crippen LogP contribution in [-0.4, -0.2) is 41.8 Å². The molecule has 0 amide bonds. The van der Waals surface area contributed by atoms with Crippen LogP contribution in [-0.2, 0) is 4.79 Å². The molecule has 124 valence electrons. The van der Waals surface area contributed by atoms with Gasteiger partial charge in [0, 0.05) is 6.54 Å². The van der Waals surface area contributed by atoms with E-state index >= 15 is 0 Å². The average molecular weight is 309 g/mol. The van der Waals surface area contributed by atoms with Crippen LogP contribution in [0.5, 0.6) is 0 Å². The molecule has 6 heteroatoms. The van der Waals surface area contributed by atoms with Gasteiger partial charge in [-0.25, -0.2) is 0 Å². The molecule has 1 aliphatic rings. The molecular formula is C15H26F3NO2. The molecule has 0 aliphatic heterocycles. The fraction of sp³-hybridized carbons (Fsp3) is 0.933. The van der Waals surface area contributed by atoms with E-state index in [9.17, 15) is 18.0 Å². The van der Waals surface area contributed by atoms with Gasteiger partial charge in [-0.3, -0.25) is 9.69 Å². The third-order valence-corrected chi connectivity index (χ3v) is 4.35. The maximum Gasteiger partial charge on any atom is 0.401 e. The lowest BCUT2D eigenvalue weighted by Gasteiger charge is -2.38. The van der Waals surface area contributed by atoms with Crippen LogP contribution in [0.1, 0.15) is 46.5 Å². The van der Waals surface area contributed by atoms with Crippen molar-refractivity contribution in [3.05, 3.63) is 0 Å². The second-order valence-electron chi connectivity index (χ2n) is 7.26. The zero-order chi connectivity index (χ0) is 16.3. The summed E-state index contributed by atoms with van der Waals surface area (Å²) in [6, 6.07) is 0. The van der Waals surface area contributed by atoms with E-state index in [1.807, 2.05) is 0 Å². The maximum absolute atomic E-state index is 12.5. The van der Waals surface area contributed by atoms with Crippen molar-refractivity contribution in [3.8, 4) is 0 Å². The Hall–Kier alpha value is -0.780. The van der Waals surface area contributed by atoms with Crippen LogP contribution in [0.25, 0.3) is 0 Å². The zero-order valence-electron chi connectivity index (χ0n) is 13.0. The second-order valence-corrected chi connectivity index (χ2v) is 7.26. The first-order chi connectivity index (χ1) is 9.47. The third kappa shape index (κ3) is 7.16. The van der Waals surface area contributed by atoms with E-state index in [0.29, 0.717) is 5.92 Å². The highest BCUT2D eigenvalue weighted by Crippen LogP contribution is 2.40. The van der Waals surface area contributed by atoms with E-state index in [4.69, 9.17) is 5.11 Å². The highest BCUT2D eigenvalue weighted by atomic mass is 19.4. The molecule has 0 saturated heterocycles. The van der Waals surface area contributed by atoms with Gasteiger partial charge in [0.15, 0.2) is 0 Å². The first-order valence-corrected chi connectivity index (χ1v) is 7.48. The Morgan fingerprint density at radius 3 is 2.05 bits per heavy atom. The Morgan fingerprint density at radius 2 is 1.67 bits per heavy atom. The monoisotopic (exact) mass is 309 g/mol. The second kappa shape index (κ2) is 6.99. The molecule has 0 spiro atoms. The number of halogens is 3. The van der Waals surface area contributed by atoms with Gasteiger partial charge >= 0.3 is 12.1 Å². The number of hydrogen-bond acceptors (Lipinski definition) is 2. The largest absolute Gasteiger partial charge is 0.480 e. The molecule has 0 atom stereocenters. The van der Waals surface area contributed by atoms with Gasteiger partial charge in [0.25, 0.3) is 0 Å². The molecule has 0 aromatic rings. The van der Waals surface area contributed by atoms with Crippen molar-refractivity contribution in [1.82, 2.24) is 4.90 Å². The quantitative estimate of drug-likeness (QED) is 0.840. The van der Waals surface area contributed by atoms with Gasteiger partial charge in [-0.05, 0) is 42.9 Å². The molecule has 0 radical (unpaired) electrons. The zero-order valence-corrected chi connectivity index (χ0v) is 13.0. The van der Waals surface area contributed by atoms with Gasteiger partial charge in [0.2, 0.25) is 0 Å². The highest BCUT2D eigenvalue weighted by molar-refractivity contribution is 5.69. The predicted molar refractivity (Wildman–Crippen MR) is 75.0 cm³/mol. The molecule has 0 unspecified atom stereocenters. The summed E-state index contributed by atoms with van der Waals surface area (Å²) in [7, 11) is 0. The van der Waals surface area contributed by atoms with Crippen LogP contribution in [0.2, 0.25) is 0 Å². The lowest BCUT2D eigenvalue weighted by molar-refractivity contribution is -0.155. The van der Waals surface area contributed by atoms with Crippen LogP contribution >= 0.6 is 0 Å². The molecule has 1 aliphatic carbocycles. The molecule has 3 nitrogen and oxygen atoms in total. The van der Waals surface area contributed by atoms with E-state index in [0.717, 1.165) is 30.6 Å². The number of carboxylic acids is 1. The van der Waals surface area contributed by atoms with E-state index in [-0.39, 0.29) is 17.9 Å². The molecule has 0 aromatic heterocycles. The number of alkyl halides is 3. The summed E-state index contributed by atoms with van der Waals surface area (Å²) >= 11 is 0. The van der Waals surface area contributed by atoms with Crippen molar-refractivity contribution >= 4 is 5.97 Å². The molecule has 1 saturated carbocycles. The van der Waals surface area contributed by atoms with Crippen molar-refractivity contribution < 1.29 is 23.1 Å². The number of aliphatic carboxylic acids is 1. The van der Waals surface area contributed by atoms with Gasteiger partial charge in [-0.1, -0.05) is 20.8 Å². The van der Waals surface area contributed by atoms with E-state index in [2.05, 4.69) is 20.8 Å². The van der Waals surface area contributed by atoms with Crippen molar-refractivity contribution in [1.29, 1.82) is 0 Å². The first kappa shape index (κ1) is 18.3. The molecular weight excluding hydrogens is 283 g/mol. The summed E-state index contributed by atoms with van der Waals surface area (Å²) in [6.45, 7) is 5.12. The lowest BCUT2D eigenvalue weighted by atomic mass is 9.70. The topological polar surface area (TPSA) is 40.5 Å². The van der Waals surface area contributed by atoms with Gasteiger partial charge in [-0.15, -0.1) is 0 Å². The minimum Gasteiger partial charge on any atom is -0.480 e. The Morgan fingerprint density at radius 1 is 1.14 bits per heavy atom. The van der Waals surface area contributed by atoms with Crippen LogP contribution in [0.15, 0.2) is 0 Å². The van der Waals surface area contributed by atoms with Crippen LogP contribution < -0.4 is 0 Å². The minimum atomic E-state index is -4.35. The normalized spacial score (nSPS) is 24.3. The van der Waals surface area contributed by atoms with Gasteiger partial charge in [-0.2, -0.15) is 13.2 Å². The molecule has 0 bridgehead atoms. The first-order valence-electron chi connectivity index (χ1n) is 7.48. The molecule has 1 rings (SSSR count). The number of carbonyl (C=O) groups is 1. The predicted octanol–water partition coefficient (Wildman–Crippen LogP) is 3.79. The van der Waals surface area contributed by atoms with E-state index in [1.165, 1.54) is 0 Å². The molecule has 1 fully saturated rings. The van der Waals surface area contributed by atoms with Crippen molar-refractivity contribution in [2.45, 2.75) is 52.6 Å². The van der Waals surface area contributed by atoms with Gasteiger partial charge in [0.1, 0.15) is 0 Å².